The van der Waals surface area contributed by atoms with Gasteiger partial charge >= 0.3 is 0 Å². The van der Waals surface area contributed by atoms with E-state index in [1.807, 2.05) is 0 Å². The highest BCUT2D eigenvalue weighted by atomic mass is 19.1. The molecule has 2 fully saturated rings. The Hall–Kier alpha value is -1.36. The number of nitriles is 1. The van der Waals surface area contributed by atoms with Gasteiger partial charge in [-0.2, -0.15) is 9.65 Å². The van der Waals surface area contributed by atoms with Gasteiger partial charge in [0.2, 0.25) is 0 Å². The predicted octanol–water partition coefficient (Wildman–Crippen LogP) is 8.45. The number of hydrogen-bond donors (Lipinski definition) is 0. The zero-order valence-electron chi connectivity index (χ0n) is 18.0. The van der Waals surface area contributed by atoms with Crippen molar-refractivity contribution in [3.8, 4) is 6.07 Å². The highest BCUT2D eigenvalue weighted by Crippen LogP contribution is 2.42. The fraction of sp³-hybridized carbons (Fsp3) is 0.731. The van der Waals surface area contributed by atoms with Crippen molar-refractivity contribution in [2.24, 2.45) is 23.7 Å². The molecule has 0 heterocycles. The maximum absolute atomic E-state index is 12.8. The van der Waals surface area contributed by atoms with Crippen LogP contribution in [0, 0.1) is 35.0 Å². The zero-order chi connectivity index (χ0) is 20.2. The second kappa shape index (κ2) is 13.0. The number of rotatable bonds is 10. The van der Waals surface area contributed by atoms with E-state index < -0.39 is 5.83 Å². The maximum Gasteiger partial charge on any atom is 0.199 e. The Labute approximate surface area is 172 Å². The summed E-state index contributed by atoms with van der Waals surface area (Å²) in [7, 11) is 0. The van der Waals surface area contributed by atoms with Crippen LogP contribution in [0.2, 0.25) is 0 Å². The first-order chi connectivity index (χ1) is 13.6. The van der Waals surface area contributed by atoms with Crippen molar-refractivity contribution in [2.45, 2.75) is 96.8 Å². The molecule has 0 bridgehead atoms. The minimum Gasteiger partial charge on any atom is -0.195 e. The number of allylic oxidation sites excluding steroid dienone is 5. The third-order valence-corrected chi connectivity index (χ3v) is 7.12. The van der Waals surface area contributed by atoms with E-state index in [1.165, 1.54) is 94.8 Å². The normalized spacial score (nSPS) is 29.0. The van der Waals surface area contributed by atoms with Gasteiger partial charge in [-0.25, -0.2) is 0 Å². The summed E-state index contributed by atoms with van der Waals surface area (Å²) in [5, 5.41) is 8.44. The molecule has 0 unspecified atom stereocenters. The average Bonchev–Trinajstić information content (AvgIpc) is 2.74. The molecule has 2 heteroatoms. The first-order valence-electron chi connectivity index (χ1n) is 11.8. The van der Waals surface area contributed by atoms with Crippen molar-refractivity contribution in [2.75, 3.05) is 0 Å². The van der Waals surface area contributed by atoms with E-state index in [-0.39, 0.29) is 0 Å². The summed E-state index contributed by atoms with van der Waals surface area (Å²) in [6.07, 6.45) is 23.8. The van der Waals surface area contributed by atoms with Crippen molar-refractivity contribution in [3.05, 3.63) is 36.2 Å². The van der Waals surface area contributed by atoms with Gasteiger partial charge in [-0.1, -0.05) is 69.8 Å². The van der Waals surface area contributed by atoms with Crippen molar-refractivity contribution in [1.29, 1.82) is 5.26 Å². The average molecular weight is 386 g/mol. The van der Waals surface area contributed by atoms with Gasteiger partial charge in [0.1, 0.15) is 6.07 Å². The van der Waals surface area contributed by atoms with Gasteiger partial charge in [0.25, 0.3) is 0 Å². The lowest BCUT2D eigenvalue weighted by molar-refractivity contribution is 0.252. The predicted molar refractivity (Wildman–Crippen MR) is 117 cm³/mol. The van der Waals surface area contributed by atoms with Crippen LogP contribution in [0.5, 0.6) is 0 Å². The van der Waals surface area contributed by atoms with Gasteiger partial charge in [-0.15, -0.1) is 0 Å². The van der Waals surface area contributed by atoms with Crippen molar-refractivity contribution in [1.82, 2.24) is 0 Å². The number of halogens is 1. The molecule has 1 nitrogen and oxygen atoms in total. The van der Waals surface area contributed by atoms with E-state index in [9.17, 15) is 4.39 Å². The van der Waals surface area contributed by atoms with Gasteiger partial charge in [-0.3, -0.25) is 0 Å². The van der Waals surface area contributed by atoms with Crippen molar-refractivity contribution in [3.63, 3.8) is 0 Å². The van der Waals surface area contributed by atoms with Gasteiger partial charge < -0.3 is 0 Å². The topological polar surface area (TPSA) is 23.8 Å². The van der Waals surface area contributed by atoms with E-state index in [2.05, 4.69) is 19.6 Å². The van der Waals surface area contributed by atoms with Crippen LogP contribution >= 0.6 is 0 Å². The maximum atomic E-state index is 12.8. The summed E-state index contributed by atoms with van der Waals surface area (Å²) >= 11 is 0. The van der Waals surface area contributed by atoms with Gasteiger partial charge in [-0.05, 0) is 81.1 Å². The first-order valence-corrected chi connectivity index (χ1v) is 11.8. The molecule has 2 saturated carbocycles. The molecule has 0 atom stereocenters. The van der Waals surface area contributed by atoms with Crippen LogP contribution in [0.25, 0.3) is 0 Å². The lowest BCUT2D eigenvalue weighted by atomic mass is 9.70. The summed E-state index contributed by atoms with van der Waals surface area (Å²) in [5.74, 6) is 2.21. The molecule has 0 spiro atoms. The molecule has 0 radical (unpaired) electrons. The number of nitrogens with zero attached hydrogens (tertiary/aromatic N) is 1. The molecule has 0 amide bonds. The highest BCUT2D eigenvalue weighted by molar-refractivity contribution is 5.19. The Morgan fingerprint density at radius 3 is 2.18 bits per heavy atom. The second-order valence-electron chi connectivity index (χ2n) is 9.12. The summed E-state index contributed by atoms with van der Waals surface area (Å²) in [6, 6.07) is 1.51. The van der Waals surface area contributed by atoms with E-state index in [1.54, 1.807) is 6.08 Å². The monoisotopic (exact) mass is 385 g/mol. The van der Waals surface area contributed by atoms with Gasteiger partial charge in [0.05, 0.1) is 0 Å². The SMILES string of the molecule is C=C([C@H]1CC[C@H](/C=C/C=C(\F)C#N)CC1)[C@H]1CC[C@H](CCCCCCC)CC1. The lowest BCUT2D eigenvalue weighted by Gasteiger charge is -2.35. The molecule has 0 N–H and O–H groups in total. The van der Waals surface area contributed by atoms with Gasteiger partial charge in [0.15, 0.2) is 5.83 Å². The minimum absolute atomic E-state index is 0.523. The first kappa shape index (κ1) is 22.9. The Morgan fingerprint density at radius 1 is 0.964 bits per heavy atom. The molecule has 0 aliphatic heterocycles. The number of hydrogen-bond acceptors (Lipinski definition) is 1. The molecule has 0 aromatic heterocycles. The van der Waals surface area contributed by atoms with Crippen LogP contribution in [0.3, 0.4) is 0 Å². The third-order valence-electron chi connectivity index (χ3n) is 7.12. The minimum atomic E-state index is -0.713. The quantitative estimate of drug-likeness (QED) is 0.160. The number of unbranched alkanes of at least 4 members (excludes halogenated alkanes) is 4. The molecule has 0 aromatic rings. The molecule has 0 saturated heterocycles. The van der Waals surface area contributed by atoms with Gasteiger partial charge in [0, 0.05) is 0 Å². The molecule has 2 aliphatic carbocycles. The van der Waals surface area contributed by atoms with Crippen LogP contribution in [0.4, 0.5) is 4.39 Å². The van der Waals surface area contributed by atoms with Crippen molar-refractivity contribution < 1.29 is 4.39 Å². The molecule has 28 heavy (non-hydrogen) atoms. The highest BCUT2D eigenvalue weighted by Gasteiger charge is 2.28. The van der Waals surface area contributed by atoms with E-state index in [0.29, 0.717) is 11.8 Å². The van der Waals surface area contributed by atoms with Crippen molar-refractivity contribution >= 4 is 0 Å². The standard InChI is InChI=1S/C26H40FN/c1-3-4-5-6-7-9-22-12-16-24(17-13-22)21(2)25-18-14-23(15-19-25)10-8-11-26(27)20-28/h8,10-11,22-25H,2-7,9,12-19H2,1H3/b10-8+,26-11-/t22-,23-,24-,25-. The Balaban J connectivity index is 1.64. The molecular formula is C26H40FN. The van der Waals surface area contributed by atoms with Crippen LogP contribution in [0.15, 0.2) is 36.2 Å². The van der Waals surface area contributed by atoms with Crippen LogP contribution in [-0.2, 0) is 0 Å². The second-order valence-corrected chi connectivity index (χ2v) is 9.12. The van der Waals surface area contributed by atoms with E-state index in [0.717, 1.165) is 24.7 Å². The lowest BCUT2D eigenvalue weighted by Crippen LogP contribution is -2.22. The van der Waals surface area contributed by atoms with E-state index >= 15 is 0 Å². The smallest absolute Gasteiger partial charge is 0.195 e. The summed E-state index contributed by atoms with van der Waals surface area (Å²) in [4.78, 5) is 0. The van der Waals surface area contributed by atoms with Crippen LogP contribution < -0.4 is 0 Å². The summed E-state index contributed by atoms with van der Waals surface area (Å²) in [5.41, 5.74) is 1.53. The Bertz CT molecular complexity index is 551. The van der Waals surface area contributed by atoms with E-state index in [4.69, 9.17) is 5.26 Å². The fourth-order valence-corrected chi connectivity index (χ4v) is 5.21. The summed E-state index contributed by atoms with van der Waals surface area (Å²) < 4.78 is 12.8. The van der Waals surface area contributed by atoms with Crippen LogP contribution in [-0.4, -0.2) is 0 Å². The summed E-state index contributed by atoms with van der Waals surface area (Å²) in [6.45, 7) is 6.82. The molecule has 0 aromatic carbocycles. The molecule has 2 aliphatic rings. The molecular weight excluding hydrogens is 345 g/mol. The van der Waals surface area contributed by atoms with Crippen LogP contribution in [0.1, 0.15) is 96.8 Å². The zero-order valence-corrected chi connectivity index (χ0v) is 18.0. The Morgan fingerprint density at radius 2 is 1.57 bits per heavy atom. The fourth-order valence-electron chi connectivity index (χ4n) is 5.21. The Kier molecular flexibility index (Phi) is 10.6. The third kappa shape index (κ3) is 7.94. The molecule has 156 valence electrons. The largest absolute Gasteiger partial charge is 0.199 e. The molecule has 2 rings (SSSR count).